The second kappa shape index (κ2) is 10.6. The van der Waals surface area contributed by atoms with Crippen LogP contribution in [0.5, 0.6) is 0 Å². The van der Waals surface area contributed by atoms with E-state index in [1.807, 2.05) is 0 Å². The van der Waals surface area contributed by atoms with E-state index in [0.717, 1.165) is 11.5 Å². The van der Waals surface area contributed by atoms with Crippen molar-refractivity contribution >= 4 is 72.8 Å². The number of ether oxygens (including phenoxy) is 1. The monoisotopic (exact) mass is 587 g/mol. The lowest BCUT2D eigenvalue weighted by atomic mass is 9.88. The molecule has 0 saturated carbocycles. The van der Waals surface area contributed by atoms with Gasteiger partial charge in [-0.15, -0.1) is 0 Å². The summed E-state index contributed by atoms with van der Waals surface area (Å²) < 4.78 is 6.39. The smallest absolute Gasteiger partial charge is 0.217 e. The first-order valence-electron chi connectivity index (χ1n) is 15.4. The Labute approximate surface area is 259 Å². The number of hydrogen-bond acceptors (Lipinski definition) is 2. The van der Waals surface area contributed by atoms with E-state index in [1.165, 1.54) is 59.0 Å². The lowest BCUT2D eigenvalue weighted by Crippen LogP contribution is -2.26. The van der Waals surface area contributed by atoms with Crippen LogP contribution < -0.4 is 15.9 Å². The van der Waals surface area contributed by atoms with Gasteiger partial charge in [0.1, 0.15) is 6.61 Å². The molecule has 1 atom stereocenters. The van der Waals surface area contributed by atoms with Gasteiger partial charge < -0.3 is 4.74 Å². The highest BCUT2D eigenvalue weighted by molar-refractivity contribution is 7.80. The van der Waals surface area contributed by atoms with Gasteiger partial charge >= 0.3 is 0 Å². The third-order valence-electron chi connectivity index (χ3n) is 8.96. The zero-order chi connectivity index (χ0) is 29.8. The van der Waals surface area contributed by atoms with E-state index in [1.54, 1.807) is 0 Å². The number of hydrogen-bond donors (Lipinski definition) is 0. The topological polar surface area (TPSA) is 21.6 Å². The minimum Gasteiger partial charge on any atom is -0.475 e. The predicted octanol–water partition coefficient (Wildman–Crippen LogP) is 9.25. The largest absolute Gasteiger partial charge is 0.475 e. The second-order valence-corrected chi connectivity index (χ2v) is 15.0. The molecule has 8 rings (SSSR count). The third kappa shape index (κ3) is 4.66. The van der Waals surface area contributed by atoms with Crippen LogP contribution in [-0.2, 0) is 4.74 Å². The Kier molecular flexibility index (Phi) is 6.51. The summed E-state index contributed by atoms with van der Waals surface area (Å²) in [5, 5.41) is 14.1. The van der Waals surface area contributed by atoms with Gasteiger partial charge in [-0.25, -0.2) is 4.99 Å². The standard InChI is InChI=1S/C41H34NOP/c1-41(2,3)39-26-43-40(42-39)33-18-8-9-19-36(33)44(37-20-10-16-31-22-27-12-4-6-14-29(27)24-34(31)37)38-21-11-17-32-23-28-13-5-7-15-30(28)25-35(32)38/h4-25,39H,26H2,1-3H3/t39-/m1/s1. The molecule has 0 N–H and O–H groups in total. The maximum absolute atomic E-state index is 6.39. The molecular formula is C41H34NOP. The van der Waals surface area contributed by atoms with E-state index >= 15 is 0 Å². The minimum absolute atomic E-state index is 0.0365. The molecule has 0 bridgehead atoms. The molecule has 0 aliphatic carbocycles. The maximum atomic E-state index is 6.39. The predicted molar refractivity (Wildman–Crippen MR) is 191 cm³/mol. The first-order valence-corrected chi connectivity index (χ1v) is 16.7. The van der Waals surface area contributed by atoms with Gasteiger partial charge in [0.25, 0.3) is 0 Å². The van der Waals surface area contributed by atoms with Crippen LogP contribution in [0.4, 0.5) is 0 Å². The molecule has 3 heteroatoms. The number of aliphatic imine (C=N–C) groups is 1. The molecule has 0 saturated heterocycles. The maximum Gasteiger partial charge on any atom is 0.217 e. The Morgan fingerprint density at radius 2 is 1.00 bits per heavy atom. The van der Waals surface area contributed by atoms with Gasteiger partial charge in [-0.1, -0.05) is 124 Å². The van der Waals surface area contributed by atoms with E-state index in [2.05, 4.69) is 154 Å². The van der Waals surface area contributed by atoms with Crippen LogP contribution in [0, 0.1) is 5.41 Å². The summed E-state index contributed by atoms with van der Waals surface area (Å²) in [5.74, 6) is 0.768. The van der Waals surface area contributed by atoms with Gasteiger partial charge in [0, 0.05) is 5.56 Å². The fourth-order valence-corrected chi connectivity index (χ4v) is 9.26. The lowest BCUT2D eigenvalue weighted by molar-refractivity contribution is 0.236. The fraction of sp³-hybridized carbons (Fsp3) is 0.146. The van der Waals surface area contributed by atoms with Crippen LogP contribution in [0.25, 0.3) is 43.1 Å². The average Bonchev–Trinajstić information content (AvgIpc) is 3.55. The Morgan fingerprint density at radius 3 is 1.52 bits per heavy atom. The highest BCUT2D eigenvalue weighted by Gasteiger charge is 2.33. The zero-order valence-corrected chi connectivity index (χ0v) is 26.2. The summed E-state index contributed by atoms with van der Waals surface area (Å²) in [7, 11) is -0.996. The molecule has 2 nitrogen and oxygen atoms in total. The quantitative estimate of drug-likeness (QED) is 0.149. The molecule has 1 aliphatic heterocycles. The zero-order valence-electron chi connectivity index (χ0n) is 25.3. The first kappa shape index (κ1) is 27.1. The number of fused-ring (bicyclic) bond motifs is 4. The summed E-state index contributed by atoms with van der Waals surface area (Å²) in [5.41, 5.74) is 1.13. The van der Waals surface area contributed by atoms with Crippen molar-refractivity contribution in [1.29, 1.82) is 0 Å². The molecule has 0 radical (unpaired) electrons. The van der Waals surface area contributed by atoms with E-state index in [0.29, 0.717) is 6.61 Å². The van der Waals surface area contributed by atoms with Crippen molar-refractivity contribution in [2.24, 2.45) is 10.4 Å². The van der Waals surface area contributed by atoms with Crippen molar-refractivity contribution in [3.05, 3.63) is 139 Å². The Balaban J connectivity index is 1.44. The van der Waals surface area contributed by atoms with E-state index in [-0.39, 0.29) is 11.5 Å². The molecule has 7 aromatic rings. The third-order valence-corrected chi connectivity index (χ3v) is 11.6. The van der Waals surface area contributed by atoms with Crippen LogP contribution in [0.1, 0.15) is 26.3 Å². The number of benzene rings is 7. The van der Waals surface area contributed by atoms with Crippen LogP contribution >= 0.6 is 7.92 Å². The molecule has 0 fully saturated rings. The van der Waals surface area contributed by atoms with E-state index in [9.17, 15) is 0 Å². The van der Waals surface area contributed by atoms with Crippen LogP contribution in [0.15, 0.2) is 138 Å². The van der Waals surface area contributed by atoms with Gasteiger partial charge in [-0.3, -0.25) is 0 Å². The van der Waals surface area contributed by atoms with Gasteiger partial charge in [0.05, 0.1) is 6.04 Å². The molecule has 0 aromatic heterocycles. The molecule has 0 unspecified atom stereocenters. The molecule has 1 heterocycles. The summed E-state index contributed by atoms with van der Waals surface area (Å²) >= 11 is 0. The Morgan fingerprint density at radius 1 is 0.545 bits per heavy atom. The van der Waals surface area contributed by atoms with Crippen molar-refractivity contribution in [3.8, 4) is 0 Å². The molecule has 44 heavy (non-hydrogen) atoms. The lowest BCUT2D eigenvalue weighted by Gasteiger charge is -2.25. The van der Waals surface area contributed by atoms with Gasteiger partial charge in [0.2, 0.25) is 5.90 Å². The van der Waals surface area contributed by atoms with E-state index < -0.39 is 7.92 Å². The highest BCUT2D eigenvalue weighted by Crippen LogP contribution is 2.41. The SMILES string of the molecule is CC(C)(C)[C@H]1COC(c2ccccc2P(c2cccc3cc4ccccc4cc23)c2cccc3cc4ccccc4cc23)=N1. The summed E-state index contributed by atoms with van der Waals surface area (Å²) in [4.78, 5) is 5.17. The molecule has 214 valence electrons. The van der Waals surface area contributed by atoms with E-state index in [4.69, 9.17) is 9.73 Å². The minimum atomic E-state index is -0.996. The van der Waals surface area contributed by atoms with Crippen LogP contribution in [0.2, 0.25) is 0 Å². The van der Waals surface area contributed by atoms with Crippen molar-refractivity contribution in [2.75, 3.05) is 6.61 Å². The second-order valence-electron chi connectivity index (χ2n) is 12.9. The normalized spacial score (nSPS) is 15.4. The molecule has 1 aliphatic rings. The summed E-state index contributed by atoms with van der Waals surface area (Å²) in [6.45, 7) is 7.35. The Hall–Kier alpha value is -4.52. The first-order chi connectivity index (χ1) is 21.4. The van der Waals surface area contributed by atoms with Crippen LogP contribution in [0.3, 0.4) is 0 Å². The number of nitrogens with zero attached hydrogens (tertiary/aromatic N) is 1. The molecular weight excluding hydrogens is 553 g/mol. The van der Waals surface area contributed by atoms with Crippen molar-refractivity contribution < 1.29 is 4.74 Å². The summed E-state index contributed by atoms with van der Waals surface area (Å²) in [6.07, 6.45) is 0. The van der Waals surface area contributed by atoms with Gasteiger partial charge in [-0.05, 0) is 103 Å². The summed E-state index contributed by atoms with van der Waals surface area (Å²) in [6, 6.07) is 49.4. The van der Waals surface area contributed by atoms with Gasteiger partial charge in [-0.2, -0.15) is 0 Å². The van der Waals surface area contributed by atoms with Gasteiger partial charge in [0.15, 0.2) is 0 Å². The van der Waals surface area contributed by atoms with Crippen LogP contribution in [-0.4, -0.2) is 18.5 Å². The molecule has 0 amide bonds. The van der Waals surface area contributed by atoms with Crippen molar-refractivity contribution in [1.82, 2.24) is 0 Å². The molecule has 7 aromatic carbocycles. The average molecular weight is 588 g/mol. The fourth-order valence-electron chi connectivity index (χ4n) is 6.49. The highest BCUT2D eigenvalue weighted by atomic mass is 31.1. The van der Waals surface area contributed by atoms with Crippen molar-refractivity contribution in [2.45, 2.75) is 26.8 Å². The molecule has 0 spiro atoms. The number of rotatable bonds is 4. The van der Waals surface area contributed by atoms with Crippen molar-refractivity contribution in [3.63, 3.8) is 0 Å². The Bertz CT molecular complexity index is 2120.